The molecule has 0 spiro atoms. The zero-order valence-corrected chi connectivity index (χ0v) is 14.7. The van der Waals surface area contributed by atoms with Gasteiger partial charge in [-0.2, -0.15) is 0 Å². The molecule has 0 saturated carbocycles. The molecule has 2 aromatic rings. The quantitative estimate of drug-likeness (QED) is 0.498. The van der Waals surface area contributed by atoms with Gasteiger partial charge in [0.25, 0.3) is 0 Å². The van der Waals surface area contributed by atoms with Crippen LogP contribution in [0.3, 0.4) is 0 Å². The van der Waals surface area contributed by atoms with E-state index in [0.717, 1.165) is 56.0 Å². The first-order valence-electron chi connectivity index (χ1n) is 8.62. The molecule has 2 aromatic carbocycles. The first-order valence-corrected chi connectivity index (χ1v) is 8.62. The van der Waals surface area contributed by atoms with Gasteiger partial charge in [-0.3, -0.25) is 0 Å². The van der Waals surface area contributed by atoms with E-state index in [4.69, 9.17) is 15.2 Å². The van der Waals surface area contributed by atoms with E-state index < -0.39 is 0 Å². The van der Waals surface area contributed by atoms with Crippen molar-refractivity contribution in [1.29, 1.82) is 0 Å². The molecule has 4 nitrogen and oxygen atoms in total. The number of nitrogens with one attached hydrogen (secondary N) is 1. The van der Waals surface area contributed by atoms with E-state index in [1.165, 1.54) is 5.56 Å². The summed E-state index contributed by atoms with van der Waals surface area (Å²) in [4.78, 5) is 0. The zero-order chi connectivity index (χ0) is 17.2. The molecule has 0 aliphatic heterocycles. The number of hydrogen-bond donors (Lipinski definition) is 2. The van der Waals surface area contributed by atoms with Gasteiger partial charge < -0.3 is 20.5 Å². The maximum absolute atomic E-state index is 5.93. The van der Waals surface area contributed by atoms with Gasteiger partial charge in [0, 0.05) is 12.2 Å². The van der Waals surface area contributed by atoms with E-state index in [9.17, 15) is 0 Å². The fraction of sp³-hybridized carbons (Fsp3) is 0.400. The second-order valence-electron chi connectivity index (χ2n) is 5.83. The summed E-state index contributed by atoms with van der Waals surface area (Å²) >= 11 is 0. The van der Waals surface area contributed by atoms with Crippen molar-refractivity contribution in [3.05, 3.63) is 48.0 Å². The molecule has 0 heterocycles. The van der Waals surface area contributed by atoms with E-state index in [-0.39, 0.29) is 0 Å². The minimum Gasteiger partial charge on any atom is -0.495 e. The average molecular weight is 328 g/mol. The van der Waals surface area contributed by atoms with Crippen molar-refractivity contribution >= 4 is 11.4 Å². The molecule has 0 bridgehead atoms. The number of rotatable bonds is 10. The largest absolute Gasteiger partial charge is 0.495 e. The van der Waals surface area contributed by atoms with Crippen LogP contribution in [0.15, 0.2) is 42.5 Å². The number of unbranched alkanes of at least 4 members (excludes halogenated alkanes) is 1. The van der Waals surface area contributed by atoms with E-state index >= 15 is 0 Å². The van der Waals surface area contributed by atoms with Crippen molar-refractivity contribution in [2.45, 2.75) is 32.6 Å². The first-order chi connectivity index (χ1) is 11.7. The molecule has 130 valence electrons. The number of ether oxygens (including phenoxy) is 2. The van der Waals surface area contributed by atoms with Crippen molar-refractivity contribution in [1.82, 2.24) is 0 Å². The van der Waals surface area contributed by atoms with Crippen LogP contribution in [0.25, 0.3) is 0 Å². The summed E-state index contributed by atoms with van der Waals surface area (Å²) in [5.41, 5.74) is 8.98. The van der Waals surface area contributed by atoms with Gasteiger partial charge in [-0.05, 0) is 61.2 Å². The Morgan fingerprint density at radius 2 is 1.83 bits per heavy atom. The molecule has 2 rings (SSSR count). The third-order valence-corrected chi connectivity index (χ3v) is 3.89. The number of nitrogens with two attached hydrogens (primary N) is 1. The fourth-order valence-electron chi connectivity index (χ4n) is 2.47. The number of methoxy groups -OCH3 is 1. The Bertz CT molecular complexity index is 612. The van der Waals surface area contributed by atoms with Gasteiger partial charge in [-0.1, -0.05) is 19.4 Å². The molecule has 0 atom stereocenters. The number of aryl methyl sites for hydroxylation is 1. The summed E-state index contributed by atoms with van der Waals surface area (Å²) in [6.45, 7) is 3.87. The highest BCUT2D eigenvalue weighted by atomic mass is 16.5. The van der Waals surface area contributed by atoms with Crippen LogP contribution in [0.4, 0.5) is 11.4 Å². The Kier molecular flexibility index (Phi) is 7.27. The Hall–Kier alpha value is -2.36. The topological polar surface area (TPSA) is 56.5 Å². The van der Waals surface area contributed by atoms with E-state index in [1.807, 2.05) is 24.3 Å². The Morgan fingerprint density at radius 3 is 2.50 bits per heavy atom. The lowest BCUT2D eigenvalue weighted by atomic mass is 10.1. The van der Waals surface area contributed by atoms with Crippen molar-refractivity contribution < 1.29 is 9.47 Å². The van der Waals surface area contributed by atoms with Gasteiger partial charge in [0.05, 0.1) is 19.4 Å². The van der Waals surface area contributed by atoms with Crippen molar-refractivity contribution in [3.8, 4) is 11.5 Å². The monoisotopic (exact) mass is 328 g/mol. The molecule has 0 unspecified atom stereocenters. The molecule has 0 aliphatic rings. The van der Waals surface area contributed by atoms with Crippen LogP contribution in [0.2, 0.25) is 0 Å². The number of benzene rings is 2. The Labute approximate surface area is 145 Å². The molecule has 3 N–H and O–H groups in total. The van der Waals surface area contributed by atoms with Crippen molar-refractivity contribution in [3.63, 3.8) is 0 Å². The summed E-state index contributed by atoms with van der Waals surface area (Å²) in [6.07, 6.45) is 4.27. The second kappa shape index (κ2) is 9.71. The van der Waals surface area contributed by atoms with Crippen LogP contribution < -0.4 is 20.5 Å². The van der Waals surface area contributed by atoms with Crippen molar-refractivity contribution in [2.24, 2.45) is 0 Å². The minimum atomic E-state index is 0.696. The third-order valence-electron chi connectivity index (χ3n) is 3.89. The van der Waals surface area contributed by atoms with E-state index in [2.05, 4.69) is 30.4 Å². The smallest absolute Gasteiger partial charge is 0.141 e. The maximum atomic E-state index is 5.93. The van der Waals surface area contributed by atoms with Crippen LogP contribution >= 0.6 is 0 Å². The standard InChI is InChI=1S/C20H28N2O2/c1-3-4-14-24-18-10-8-17(9-11-18)22-13-5-6-16-7-12-20(23-2)19(21)15-16/h7-12,15,22H,3-6,13-14,21H2,1-2H3. The lowest BCUT2D eigenvalue weighted by Gasteiger charge is -2.10. The Morgan fingerprint density at radius 1 is 1.04 bits per heavy atom. The summed E-state index contributed by atoms with van der Waals surface area (Å²) in [7, 11) is 1.63. The summed E-state index contributed by atoms with van der Waals surface area (Å²) in [5, 5.41) is 3.44. The Balaban J connectivity index is 1.71. The highest BCUT2D eigenvalue weighted by Crippen LogP contribution is 2.22. The summed E-state index contributed by atoms with van der Waals surface area (Å²) < 4.78 is 10.8. The number of anilines is 2. The summed E-state index contributed by atoms with van der Waals surface area (Å²) in [6, 6.07) is 14.1. The van der Waals surface area contributed by atoms with Crippen LogP contribution in [0.5, 0.6) is 11.5 Å². The van der Waals surface area contributed by atoms with Crippen LogP contribution in [0.1, 0.15) is 31.7 Å². The van der Waals surface area contributed by atoms with E-state index in [1.54, 1.807) is 7.11 Å². The summed E-state index contributed by atoms with van der Waals surface area (Å²) in [5.74, 6) is 1.67. The van der Waals surface area contributed by atoms with Gasteiger partial charge in [-0.15, -0.1) is 0 Å². The van der Waals surface area contributed by atoms with Gasteiger partial charge in [0.15, 0.2) is 0 Å². The first kappa shape index (κ1) is 18.0. The van der Waals surface area contributed by atoms with E-state index in [0.29, 0.717) is 5.69 Å². The molecule has 0 saturated heterocycles. The SMILES string of the molecule is CCCCOc1ccc(NCCCc2ccc(OC)c(N)c2)cc1. The highest BCUT2D eigenvalue weighted by Gasteiger charge is 2.01. The highest BCUT2D eigenvalue weighted by molar-refractivity contribution is 5.54. The average Bonchev–Trinajstić information content (AvgIpc) is 2.60. The lowest BCUT2D eigenvalue weighted by Crippen LogP contribution is -2.03. The molecule has 0 aliphatic carbocycles. The molecule has 24 heavy (non-hydrogen) atoms. The predicted octanol–water partition coefficient (Wildman–Crippen LogP) is 4.50. The van der Waals surface area contributed by atoms with Crippen LogP contribution in [-0.2, 0) is 6.42 Å². The second-order valence-corrected chi connectivity index (χ2v) is 5.83. The number of hydrogen-bond acceptors (Lipinski definition) is 4. The van der Waals surface area contributed by atoms with Gasteiger partial charge in [0.1, 0.15) is 11.5 Å². The molecule has 0 aromatic heterocycles. The number of nitrogen functional groups attached to an aromatic ring is 1. The molecule has 0 fully saturated rings. The lowest BCUT2D eigenvalue weighted by molar-refractivity contribution is 0.309. The predicted molar refractivity (Wildman–Crippen MR) is 101 cm³/mol. The zero-order valence-electron chi connectivity index (χ0n) is 14.7. The van der Waals surface area contributed by atoms with Crippen molar-refractivity contribution in [2.75, 3.05) is 31.3 Å². The van der Waals surface area contributed by atoms with Gasteiger partial charge in [0.2, 0.25) is 0 Å². The van der Waals surface area contributed by atoms with Gasteiger partial charge >= 0.3 is 0 Å². The molecule has 4 heteroatoms. The molecule has 0 amide bonds. The van der Waals surface area contributed by atoms with Crippen LogP contribution in [-0.4, -0.2) is 20.3 Å². The molecule has 0 radical (unpaired) electrons. The maximum Gasteiger partial charge on any atom is 0.141 e. The van der Waals surface area contributed by atoms with Crippen LogP contribution in [0, 0.1) is 0 Å². The fourth-order valence-corrected chi connectivity index (χ4v) is 2.47. The normalized spacial score (nSPS) is 10.4. The van der Waals surface area contributed by atoms with Gasteiger partial charge in [-0.25, -0.2) is 0 Å². The minimum absolute atomic E-state index is 0.696. The third kappa shape index (κ3) is 5.69. The molecular formula is C20H28N2O2. The molecular weight excluding hydrogens is 300 g/mol.